The van der Waals surface area contributed by atoms with E-state index in [4.69, 9.17) is 10.5 Å². The van der Waals surface area contributed by atoms with Crippen molar-refractivity contribution in [3.63, 3.8) is 0 Å². The minimum Gasteiger partial charge on any atom is -0.487 e. The summed E-state index contributed by atoms with van der Waals surface area (Å²) in [6, 6.07) is 9.51. The van der Waals surface area contributed by atoms with Gasteiger partial charge in [-0.3, -0.25) is 4.68 Å². The number of ether oxygens (including phenoxy) is 1. The van der Waals surface area contributed by atoms with Crippen LogP contribution in [-0.2, 0) is 13.7 Å². The lowest BCUT2D eigenvalue weighted by molar-refractivity contribution is 0.294. The highest BCUT2D eigenvalue weighted by Gasteiger charge is 2.03. The van der Waals surface area contributed by atoms with Gasteiger partial charge in [-0.2, -0.15) is 5.10 Å². The van der Waals surface area contributed by atoms with Gasteiger partial charge in [0.25, 0.3) is 0 Å². The highest BCUT2D eigenvalue weighted by molar-refractivity contribution is 9.10. The number of rotatable bonds is 3. The molecule has 84 valence electrons. The summed E-state index contributed by atoms with van der Waals surface area (Å²) in [4.78, 5) is 0. The van der Waals surface area contributed by atoms with Crippen LogP contribution >= 0.6 is 15.9 Å². The van der Waals surface area contributed by atoms with Gasteiger partial charge in [-0.05, 0) is 18.2 Å². The van der Waals surface area contributed by atoms with E-state index in [9.17, 15) is 0 Å². The van der Waals surface area contributed by atoms with Gasteiger partial charge in [0.15, 0.2) is 0 Å². The Bertz CT molecular complexity index is 496. The van der Waals surface area contributed by atoms with Gasteiger partial charge in [-0.15, -0.1) is 0 Å². The molecular formula is C11H12BrN3O. The molecule has 0 bridgehead atoms. The molecule has 2 N–H and O–H groups in total. The van der Waals surface area contributed by atoms with Gasteiger partial charge in [0.05, 0.1) is 5.69 Å². The number of aromatic nitrogens is 2. The predicted molar refractivity (Wildman–Crippen MR) is 66.1 cm³/mol. The molecule has 4 nitrogen and oxygen atoms in total. The first-order chi connectivity index (χ1) is 7.65. The van der Waals surface area contributed by atoms with Crippen LogP contribution in [0, 0.1) is 0 Å². The smallest absolute Gasteiger partial charge is 0.145 e. The van der Waals surface area contributed by atoms with Crippen LogP contribution in [0.2, 0.25) is 0 Å². The first-order valence-corrected chi connectivity index (χ1v) is 5.61. The number of hydrogen-bond donors (Lipinski definition) is 1. The number of hydrogen-bond acceptors (Lipinski definition) is 3. The predicted octanol–water partition coefficient (Wildman–Crippen LogP) is 2.34. The lowest BCUT2D eigenvalue weighted by Gasteiger charge is -2.06. The fourth-order valence-electron chi connectivity index (χ4n) is 1.38. The van der Waals surface area contributed by atoms with Crippen molar-refractivity contribution in [2.45, 2.75) is 6.61 Å². The molecule has 0 atom stereocenters. The Hall–Kier alpha value is -1.49. The van der Waals surface area contributed by atoms with Crippen molar-refractivity contribution in [3.8, 4) is 5.75 Å². The zero-order valence-electron chi connectivity index (χ0n) is 8.85. The second-order valence-corrected chi connectivity index (χ2v) is 4.35. The summed E-state index contributed by atoms with van der Waals surface area (Å²) in [7, 11) is 1.84. The van der Waals surface area contributed by atoms with E-state index >= 15 is 0 Å². The summed E-state index contributed by atoms with van der Waals surface area (Å²) in [5, 5.41) is 4.05. The molecule has 1 aromatic carbocycles. The zero-order valence-corrected chi connectivity index (χ0v) is 10.4. The summed E-state index contributed by atoms with van der Waals surface area (Å²) >= 11 is 3.39. The molecule has 0 spiro atoms. The minimum absolute atomic E-state index is 0.456. The Kier molecular flexibility index (Phi) is 3.14. The molecule has 1 aromatic heterocycles. The van der Waals surface area contributed by atoms with Crippen LogP contribution in [0.15, 0.2) is 34.8 Å². The van der Waals surface area contributed by atoms with Crippen LogP contribution in [0.5, 0.6) is 5.75 Å². The van der Waals surface area contributed by atoms with Gasteiger partial charge in [-0.25, -0.2) is 0 Å². The Labute approximate surface area is 102 Å². The summed E-state index contributed by atoms with van der Waals surface area (Å²) in [5.41, 5.74) is 6.52. The fraction of sp³-hybridized carbons (Fsp3) is 0.182. The normalized spacial score (nSPS) is 10.4. The lowest BCUT2D eigenvalue weighted by Crippen LogP contribution is -2.02. The molecule has 0 amide bonds. The molecule has 1 heterocycles. The third-order valence-corrected chi connectivity index (χ3v) is 2.67. The maximum absolute atomic E-state index is 5.62. The van der Waals surface area contributed by atoms with Crippen LogP contribution in [0.3, 0.4) is 0 Å². The average Bonchev–Trinajstić information content (AvgIpc) is 2.54. The fourth-order valence-corrected chi connectivity index (χ4v) is 1.76. The highest BCUT2D eigenvalue weighted by Crippen LogP contribution is 2.19. The molecule has 0 saturated carbocycles. The number of nitrogen functional groups attached to an aromatic ring is 1. The Morgan fingerprint density at radius 3 is 2.88 bits per heavy atom. The van der Waals surface area contributed by atoms with Gasteiger partial charge < -0.3 is 10.5 Å². The van der Waals surface area contributed by atoms with Crippen LogP contribution in [0.25, 0.3) is 0 Å². The van der Waals surface area contributed by atoms with E-state index in [1.165, 1.54) is 0 Å². The van der Waals surface area contributed by atoms with E-state index < -0.39 is 0 Å². The number of halogens is 1. The van der Waals surface area contributed by atoms with Crippen molar-refractivity contribution >= 4 is 21.7 Å². The molecule has 5 heteroatoms. The number of nitrogens with two attached hydrogens (primary N) is 1. The second-order valence-electron chi connectivity index (χ2n) is 3.43. The first-order valence-electron chi connectivity index (χ1n) is 4.82. The SMILES string of the molecule is Cn1nc(N)cc1COc1cccc(Br)c1. The van der Waals surface area contributed by atoms with Crippen molar-refractivity contribution in [3.05, 3.63) is 40.5 Å². The molecular weight excluding hydrogens is 270 g/mol. The number of benzene rings is 1. The van der Waals surface area contributed by atoms with Crippen LogP contribution in [-0.4, -0.2) is 9.78 Å². The quantitative estimate of drug-likeness (QED) is 0.940. The monoisotopic (exact) mass is 281 g/mol. The number of aryl methyl sites for hydroxylation is 1. The standard InChI is InChI=1S/C11H12BrN3O/c1-15-9(6-11(13)14-15)7-16-10-4-2-3-8(12)5-10/h2-6H,7H2,1H3,(H2,13,14). The van der Waals surface area contributed by atoms with Crippen molar-refractivity contribution in [2.24, 2.45) is 7.05 Å². The number of nitrogens with zero attached hydrogens (tertiary/aromatic N) is 2. The summed E-state index contributed by atoms with van der Waals surface area (Å²) < 4.78 is 8.33. The Balaban J connectivity index is 2.05. The highest BCUT2D eigenvalue weighted by atomic mass is 79.9. The van der Waals surface area contributed by atoms with E-state index in [0.29, 0.717) is 12.4 Å². The maximum Gasteiger partial charge on any atom is 0.145 e. The van der Waals surface area contributed by atoms with Gasteiger partial charge >= 0.3 is 0 Å². The zero-order chi connectivity index (χ0) is 11.5. The van der Waals surface area contributed by atoms with Gasteiger partial charge in [0.1, 0.15) is 18.2 Å². The molecule has 16 heavy (non-hydrogen) atoms. The van der Waals surface area contributed by atoms with Crippen molar-refractivity contribution in [1.82, 2.24) is 9.78 Å². The third kappa shape index (κ3) is 2.55. The van der Waals surface area contributed by atoms with Crippen LogP contribution in [0.1, 0.15) is 5.69 Å². The van der Waals surface area contributed by atoms with E-state index in [1.54, 1.807) is 10.7 Å². The van der Waals surface area contributed by atoms with Gasteiger partial charge in [0, 0.05) is 17.6 Å². The molecule has 0 unspecified atom stereocenters. The summed E-state index contributed by atoms with van der Waals surface area (Å²) in [6.45, 7) is 0.456. The first kappa shape index (κ1) is 11.0. The maximum atomic E-state index is 5.62. The van der Waals surface area contributed by atoms with E-state index in [1.807, 2.05) is 31.3 Å². The summed E-state index contributed by atoms with van der Waals surface area (Å²) in [6.07, 6.45) is 0. The van der Waals surface area contributed by atoms with Crippen LogP contribution in [0.4, 0.5) is 5.82 Å². The van der Waals surface area contributed by atoms with E-state index in [0.717, 1.165) is 15.9 Å². The molecule has 0 saturated heterocycles. The molecule has 0 aliphatic rings. The molecule has 0 radical (unpaired) electrons. The van der Waals surface area contributed by atoms with Crippen molar-refractivity contribution < 1.29 is 4.74 Å². The van der Waals surface area contributed by atoms with Gasteiger partial charge in [-0.1, -0.05) is 22.0 Å². The Morgan fingerprint density at radius 1 is 1.44 bits per heavy atom. The minimum atomic E-state index is 0.456. The largest absolute Gasteiger partial charge is 0.487 e. The average molecular weight is 282 g/mol. The van der Waals surface area contributed by atoms with Gasteiger partial charge in [0.2, 0.25) is 0 Å². The molecule has 0 fully saturated rings. The molecule has 0 aliphatic heterocycles. The van der Waals surface area contributed by atoms with E-state index in [-0.39, 0.29) is 0 Å². The van der Waals surface area contributed by atoms with Crippen LogP contribution < -0.4 is 10.5 Å². The molecule has 2 rings (SSSR count). The molecule has 2 aromatic rings. The second kappa shape index (κ2) is 4.57. The summed E-state index contributed by atoms with van der Waals surface area (Å²) in [5.74, 6) is 1.32. The van der Waals surface area contributed by atoms with E-state index in [2.05, 4.69) is 21.0 Å². The lowest BCUT2D eigenvalue weighted by atomic mass is 10.3. The third-order valence-electron chi connectivity index (χ3n) is 2.18. The topological polar surface area (TPSA) is 53.1 Å². The Morgan fingerprint density at radius 2 is 2.25 bits per heavy atom. The molecule has 0 aliphatic carbocycles. The van der Waals surface area contributed by atoms with Crippen molar-refractivity contribution in [1.29, 1.82) is 0 Å². The number of anilines is 1. The van der Waals surface area contributed by atoms with Crippen molar-refractivity contribution in [2.75, 3.05) is 5.73 Å².